The van der Waals surface area contributed by atoms with Crippen LogP contribution in [0.3, 0.4) is 0 Å². The number of hydrogen-bond acceptors (Lipinski definition) is 4. The van der Waals surface area contributed by atoms with E-state index in [2.05, 4.69) is 24.1 Å². The molecule has 0 spiro atoms. The fraction of sp³-hybridized carbons (Fsp3) is 0.333. The molecule has 3 heterocycles. The number of piperazine rings is 1. The summed E-state index contributed by atoms with van der Waals surface area (Å²) in [7, 11) is 0. The average molecular weight is 404 g/mol. The average Bonchev–Trinajstić information content (AvgIpc) is 3.11. The third-order valence-electron chi connectivity index (χ3n) is 4.88. The summed E-state index contributed by atoms with van der Waals surface area (Å²) in [5.74, 6) is 0.129. The normalized spacial score (nSPS) is 14.4. The minimum Gasteiger partial charge on any atom is -0.449 e. The molecular weight excluding hydrogens is 381 g/mol. The van der Waals surface area contributed by atoms with Gasteiger partial charge in [-0.1, -0.05) is 13.8 Å². The van der Waals surface area contributed by atoms with Crippen molar-refractivity contribution in [3.05, 3.63) is 53.5 Å². The first-order chi connectivity index (χ1) is 13.0. The van der Waals surface area contributed by atoms with Crippen molar-refractivity contribution in [1.29, 1.82) is 0 Å². The number of carbonyl (C=O) groups excluding carboxylic acids is 1. The number of benzene rings is 1. The Labute approximate surface area is 169 Å². The second-order valence-electron chi connectivity index (χ2n) is 7.13. The Morgan fingerprint density at radius 3 is 2.50 bits per heavy atom. The predicted molar refractivity (Wildman–Crippen MR) is 110 cm³/mol. The van der Waals surface area contributed by atoms with Crippen LogP contribution in [0.2, 0.25) is 0 Å². The van der Waals surface area contributed by atoms with Crippen LogP contribution in [0.4, 0.5) is 4.39 Å². The molecule has 0 radical (unpaired) electrons. The summed E-state index contributed by atoms with van der Waals surface area (Å²) in [5.41, 5.74) is 3.86. The molecule has 148 valence electrons. The number of carbonyl (C=O) groups is 1. The molecule has 1 aliphatic heterocycles. The highest BCUT2D eigenvalue weighted by Gasteiger charge is 2.23. The summed E-state index contributed by atoms with van der Waals surface area (Å²) in [6.07, 6.45) is 0. The lowest BCUT2D eigenvalue weighted by Crippen LogP contribution is -2.46. The zero-order chi connectivity index (χ0) is 19.0. The number of furan rings is 1. The number of amides is 1. The molecule has 5 nitrogen and oxygen atoms in total. The third kappa shape index (κ3) is 3.88. The largest absolute Gasteiger partial charge is 0.449 e. The highest BCUT2D eigenvalue weighted by Crippen LogP contribution is 2.32. The summed E-state index contributed by atoms with van der Waals surface area (Å²) < 4.78 is 19.2. The number of pyridine rings is 1. The quantitative estimate of drug-likeness (QED) is 0.711. The molecule has 0 unspecified atom stereocenters. The van der Waals surface area contributed by atoms with Crippen LogP contribution in [0.25, 0.3) is 22.4 Å². The standard InChI is InChI=1S/C21H22FN3O2.ClH/c1-13(2)16-11-17(14-3-5-15(22)6-4-14)24-18-12-19(27-20(16)18)21(26)25-9-7-23-8-10-25;/h3-6,11-13,23H,7-10H2,1-2H3;1H. The number of aromatic nitrogens is 1. The van der Waals surface area contributed by atoms with Crippen LogP contribution >= 0.6 is 12.4 Å². The Balaban J connectivity index is 0.00000225. The monoisotopic (exact) mass is 403 g/mol. The molecule has 1 N–H and O–H groups in total. The van der Waals surface area contributed by atoms with Crippen molar-refractivity contribution >= 4 is 29.4 Å². The predicted octanol–water partition coefficient (Wildman–Crippen LogP) is 4.22. The van der Waals surface area contributed by atoms with E-state index in [-0.39, 0.29) is 30.0 Å². The summed E-state index contributed by atoms with van der Waals surface area (Å²) >= 11 is 0. The second kappa shape index (κ2) is 8.29. The molecule has 1 aromatic carbocycles. The van der Waals surface area contributed by atoms with E-state index >= 15 is 0 Å². The molecule has 7 heteroatoms. The first kappa shape index (κ1) is 20.3. The fourth-order valence-corrected chi connectivity index (χ4v) is 3.37. The molecule has 1 amide bonds. The van der Waals surface area contributed by atoms with Crippen LogP contribution in [0, 0.1) is 5.82 Å². The number of rotatable bonds is 3. The molecule has 4 rings (SSSR count). The molecule has 1 aliphatic rings. The lowest BCUT2D eigenvalue weighted by atomic mass is 10.00. The smallest absolute Gasteiger partial charge is 0.289 e. The van der Waals surface area contributed by atoms with E-state index in [1.54, 1.807) is 23.1 Å². The van der Waals surface area contributed by atoms with Crippen LogP contribution in [0.1, 0.15) is 35.9 Å². The maximum Gasteiger partial charge on any atom is 0.289 e. The molecule has 3 aromatic rings. The maximum absolute atomic E-state index is 13.2. The van der Waals surface area contributed by atoms with Gasteiger partial charge in [0.2, 0.25) is 0 Å². The van der Waals surface area contributed by atoms with Crippen molar-refractivity contribution < 1.29 is 13.6 Å². The fourth-order valence-electron chi connectivity index (χ4n) is 3.37. The molecule has 1 saturated heterocycles. The highest BCUT2D eigenvalue weighted by atomic mass is 35.5. The van der Waals surface area contributed by atoms with Gasteiger partial charge in [0, 0.05) is 43.4 Å². The van der Waals surface area contributed by atoms with Gasteiger partial charge in [0.25, 0.3) is 5.91 Å². The lowest BCUT2D eigenvalue weighted by Gasteiger charge is -2.26. The van der Waals surface area contributed by atoms with E-state index in [0.29, 0.717) is 29.9 Å². The van der Waals surface area contributed by atoms with Gasteiger partial charge in [-0.05, 0) is 36.2 Å². The van der Waals surface area contributed by atoms with Crippen LogP contribution in [0.5, 0.6) is 0 Å². The minimum absolute atomic E-state index is 0. The zero-order valence-electron chi connectivity index (χ0n) is 15.9. The van der Waals surface area contributed by atoms with Crippen molar-refractivity contribution in [1.82, 2.24) is 15.2 Å². The third-order valence-corrected chi connectivity index (χ3v) is 4.88. The van der Waals surface area contributed by atoms with Crippen molar-refractivity contribution in [2.75, 3.05) is 26.2 Å². The van der Waals surface area contributed by atoms with Gasteiger partial charge in [0.1, 0.15) is 11.3 Å². The molecule has 0 atom stereocenters. The SMILES string of the molecule is CC(C)c1cc(-c2ccc(F)cc2)nc2cc(C(=O)N3CCNCC3)oc12.Cl. The van der Waals surface area contributed by atoms with Gasteiger partial charge >= 0.3 is 0 Å². The van der Waals surface area contributed by atoms with Gasteiger partial charge in [-0.3, -0.25) is 4.79 Å². The molecular formula is C21H23ClFN3O2. The van der Waals surface area contributed by atoms with Crippen molar-refractivity contribution in [2.24, 2.45) is 0 Å². The first-order valence-corrected chi connectivity index (χ1v) is 9.23. The molecule has 2 aromatic heterocycles. The Morgan fingerprint density at radius 1 is 1.18 bits per heavy atom. The first-order valence-electron chi connectivity index (χ1n) is 9.23. The van der Waals surface area contributed by atoms with Gasteiger partial charge in [-0.25, -0.2) is 9.37 Å². The zero-order valence-corrected chi connectivity index (χ0v) is 16.7. The number of nitrogens with zero attached hydrogens (tertiary/aromatic N) is 2. The maximum atomic E-state index is 13.2. The topological polar surface area (TPSA) is 58.4 Å². The van der Waals surface area contributed by atoms with Crippen molar-refractivity contribution in [3.8, 4) is 11.3 Å². The Bertz CT molecular complexity index is 979. The molecule has 28 heavy (non-hydrogen) atoms. The number of fused-ring (bicyclic) bond motifs is 1. The second-order valence-corrected chi connectivity index (χ2v) is 7.13. The summed E-state index contributed by atoms with van der Waals surface area (Å²) in [4.78, 5) is 19.2. The molecule has 0 bridgehead atoms. The van der Waals surface area contributed by atoms with Gasteiger partial charge in [-0.15, -0.1) is 12.4 Å². The van der Waals surface area contributed by atoms with Gasteiger partial charge < -0.3 is 14.6 Å². The summed E-state index contributed by atoms with van der Waals surface area (Å²) in [5, 5.41) is 3.24. The molecule has 0 saturated carbocycles. The Kier molecular flexibility index (Phi) is 6.01. The number of hydrogen-bond donors (Lipinski definition) is 1. The van der Waals surface area contributed by atoms with Gasteiger partial charge in [0.15, 0.2) is 11.3 Å². The van der Waals surface area contributed by atoms with Crippen LogP contribution in [-0.4, -0.2) is 42.0 Å². The van der Waals surface area contributed by atoms with E-state index in [9.17, 15) is 9.18 Å². The van der Waals surface area contributed by atoms with Gasteiger partial charge in [-0.2, -0.15) is 0 Å². The van der Waals surface area contributed by atoms with Gasteiger partial charge in [0.05, 0.1) is 5.69 Å². The number of halogens is 2. The van der Waals surface area contributed by atoms with Crippen molar-refractivity contribution in [3.63, 3.8) is 0 Å². The van der Waals surface area contributed by atoms with E-state index in [1.165, 1.54) is 12.1 Å². The number of nitrogens with one attached hydrogen (secondary N) is 1. The highest BCUT2D eigenvalue weighted by molar-refractivity contribution is 5.96. The lowest BCUT2D eigenvalue weighted by molar-refractivity contribution is 0.0706. The summed E-state index contributed by atoms with van der Waals surface area (Å²) in [6.45, 7) is 7.06. The Hall–Kier alpha value is -2.44. The van der Waals surface area contributed by atoms with Crippen LogP contribution in [-0.2, 0) is 0 Å². The van der Waals surface area contributed by atoms with E-state index in [0.717, 1.165) is 29.9 Å². The van der Waals surface area contributed by atoms with E-state index in [1.807, 2.05) is 6.07 Å². The Morgan fingerprint density at radius 2 is 1.86 bits per heavy atom. The van der Waals surface area contributed by atoms with Crippen LogP contribution in [0.15, 0.2) is 40.8 Å². The van der Waals surface area contributed by atoms with Crippen molar-refractivity contribution in [2.45, 2.75) is 19.8 Å². The molecule has 0 aliphatic carbocycles. The van der Waals surface area contributed by atoms with E-state index < -0.39 is 0 Å². The minimum atomic E-state index is -0.281. The summed E-state index contributed by atoms with van der Waals surface area (Å²) in [6, 6.07) is 9.94. The van der Waals surface area contributed by atoms with E-state index in [4.69, 9.17) is 4.42 Å². The van der Waals surface area contributed by atoms with Crippen LogP contribution < -0.4 is 5.32 Å². The molecule has 1 fully saturated rings.